The van der Waals surface area contributed by atoms with E-state index < -0.39 is 10.0 Å². The minimum Gasteiger partial charge on any atom is -0.439 e. The zero-order chi connectivity index (χ0) is 21.1. The van der Waals surface area contributed by atoms with Crippen LogP contribution in [0.5, 0.6) is 11.6 Å². The third kappa shape index (κ3) is 4.42. The van der Waals surface area contributed by atoms with Crippen molar-refractivity contribution < 1.29 is 13.2 Å². The molecule has 0 fully saturated rings. The zero-order valence-corrected chi connectivity index (χ0v) is 17.3. The molecule has 2 aromatic heterocycles. The van der Waals surface area contributed by atoms with Gasteiger partial charge >= 0.3 is 0 Å². The Labute approximate surface area is 178 Å². The number of hydrogen-bond donors (Lipinski definition) is 1. The predicted molar refractivity (Wildman–Crippen MR) is 113 cm³/mol. The molecule has 0 aliphatic carbocycles. The van der Waals surface area contributed by atoms with E-state index in [1.807, 2.05) is 0 Å². The van der Waals surface area contributed by atoms with E-state index in [4.69, 9.17) is 16.3 Å². The van der Waals surface area contributed by atoms with Crippen LogP contribution in [-0.2, 0) is 10.0 Å². The molecule has 0 radical (unpaired) electrons. The molecule has 0 saturated heterocycles. The van der Waals surface area contributed by atoms with E-state index in [9.17, 15) is 8.42 Å². The molecule has 4 aromatic rings. The number of anilines is 1. The fraction of sp³-hybridized carbons (Fsp3) is 0.0500. The van der Waals surface area contributed by atoms with Gasteiger partial charge in [0.05, 0.1) is 5.02 Å². The zero-order valence-electron chi connectivity index (χ0n) is 15.7. The van der Waals surface area contributed by atoms with Crippen molar-refractivity contribution in [2.24, 2.45) is 0 Å². The van der Waals surface area contributed by atoms with Crippen molar-refractivity contribution in [3.05, 3.63) is 83.9 Å². The van der Waals surface area contributed by atoms with Crippen LogP contribution in [0.3, 0.4) is 0 Å². The Kier molecular flexibility index (Phi) is 5.39. The van der Waals surface area contributed by atoms with Crippen molar-refractivity contribution in [2.45, 2.75) is 11.8 Å². The first-order chi connectivity index (χ1) is 14.4. The van der Waals surface area contributed by atoms with Gasteiger partial charge in [0.15, 0.2) is 5.82 Å². The van der Waals surface area contributed by atoms with Gasteiger partial charge in [0, 0.05) is 24.1 Å². The van der Waals surface area contributed by atoms with Gasteiger partial charge in [0.1, 0.15) is 16.5 Å². The number of ether oxygens (including phenoxy) is 1. The lowest BCUT2D eigenvalue weighted by Crippen LogP contribution is -2.13. The van der Waals surface area contributed by atoms with Gasteiger partial charge in [-0.05, 0) is 49.4 Å². The van der Waals surface area contributed by atoms with Gasteiger partial charge in [-0.1, -0.05) is 23.7 Å². The maximum Gasteiger partial charge on any atom is 0.263 e. The van der Waals surface area contributed by atoms with Gasteiger partial charge in [-0.15, -0.1) is 0 Å². The standard InChI is InChI=1S/C20H16ClN5O3S/c1-14-23-19(26-12-4-11-22-26)13-20(24-14)29-16-9-7-15(8-10-16)25-30(27,28)18-6-3-2-5-17(18)21/h2-13,25H,1H3. The number of aryl methyl sites for hydroxylation is 1. The highest BCUT2D eigenvalue weighted by Gasteiger charge is 2.17. The van der Waals surface area contributed by atoms with Gasteiger partial charge in [-0.3, -0.25) is 4.72 Å². The van der Waals surface area contributed by atoms with E-state index >= 15 is 0 Å². The molecule has 0 aliphatic heterocycles. The largest absolute Gasteiger partial charge is 0.439 e. The van der Waals surface area contributed by atoms with Gasteiger partial charge in [0.25, 0.3) is 10.0 Å². The molecule has 0 unspecified atom stereocenters. The molecule has 152 valence electrons. The molecule has 2 aromatic carbocycles. The SMILES string of the molecule is Cc1nc(Oc2ccc(NS(=O)(=O)c3ccccc3Cl)cc2)cc(-n2cccn2)n1. The topological polar surface area (TPSA) is 99.0 Å². The molecule has 0 amide bonds. The van der Waals surface area contributed by atoms with Gasteiger partial charge in [0.2, 0.25) is 5.88 Å². The summed E-state index contributed by atoms with van der Waals surface area (Å²) in [6.07, 6.45) is 3.42. The number of sulfonamides is 1. The van der Waals surface area contributed by atoms with Crippen LogP contribution in [0.2, 0.25) is 5.02 Å². The molecule has 0 saturated carbocycles. The molecule has 0 bridgehead atoms. The molecule has 0 aliphatic rings. The van der Waals surface area contributed by atoms with Crippen molar-refractivity contribution in [3.8, 4) is 17.4 Å². The van der Waals surface area contributed by atoms with Crippen molar-refractivity contribution in [2.75, 3.05) is 4.72 Å². The summed E-state index contributed by atoms with van der Waals surface area (Å²) in [5, 5.41) is 4.30. The number of nitrogens with zero attached hydrogens (tertiary/aromatic N) is 4. The average Bonchev–Trinajstić information content (AvgIpc) is 3.24. The van der Waals surface area contributed by atoms with E-state index in [1.165, 1.54) is 12.1 Å². The minimum absolute atomic E-state index is 0.00889. The van der Waals surface area contributed by atoms with Crippen LogP contribution in [0.1, 0.15) is 5.82 Å². The average molecular weight is 442 g/mol. The van der Waals surface area contributed by atoms with E-state index in [-0.39, 0.29) is 9.92 Å². The molecule has 10 heteroatoms. The number of rotatable bonds is 6. The second-order valence-electron chi connectivity index (χ2n) is 6.22. The Balaban J connectivity index is 1.52. The highest BCUT2D eigenvalue weighted by Crippen LogP contribution is 2.26. The van der Waals surface area contributed by atoms with E-state index in [0.29, 0.717) is 29.0 Å². The summed E-state index contributed by atoms with van der Waals surface area (Å²) in [6.45, 7) is 1.76. The Morgan fingerprint density at radius 3 is 2.50 bits per heavy atom. The van der Waals surface area contributed by atoms with E-state index in [1.54, 1.807) is 72.5 Å². The maximum atomic E-state index is 12.5. The summed E-state index contributed by atoms with van der Waals surface area (Å²) in [5.74, 6) is 1.94. The Bertz CT molecular complexity index is 1280. The van der Waals surface area contributed by atoms with Crippen LogP contribution in [0.4, 0.5) is 5.69 Å². The Morgan fingerprint density at radius 1 is 1.03 bits per heavy atom. The maximum absolute atomic E-state index is 12.5. The highest BCUT2D eigenvalue weighted by atomic mass is 35.5. The molecular weight excluding hydrogens is 426 g/mol. The van der Waals surface area contributed by atoms with Gasteiger partial charge in [-0.2, -0.15) is 10.1 Å². The number of halogens is 1. The smallest absolute Gasteiger partial charge is 0.263 e. The third-order valence-corrected chi connectivity index (χ3v) is 5.88. The van der Waals surface area contributed by atoms with Crippen LogP contribution in [0, 0.1) is 6.92 Å². The van der Waals surface area contributed by atoms with Crippen LogP contribution >= 0.6 is 11.6 Å². The van der Waals surface area contributed by atoms with Crippen LogP contribution in [-0.4, -0.2) is 28.2 Å². The number of hydrogen-bond acceptors (Lipinski definition) is 6. The summed E-state index contributed by atoms with van der Waals surface area (Å²) in [7, 11) is -3.81. The monoisotopic (exact) mass is 441 g/mol. The number of nitrogens with one attached hydrogen (secondary N) is 1. The van der Waals surface area contributed by atoms with Crippen molar-refractivity contribution in [1.29, 1.82) is 0 Å². The van der Waals surface area contributed by atoms with Crippen molar-refractivity contribution >= 4 is 27.3 Å². The highest BCUT2D eigenvalue weighted by molar-refractivity contribution is 7.92. The fourth-order valence-electron chi connectivity index (χ4n) is 2.68. The predicted octanol–water partition coefficient (Wildman–Crippen LogP) is 4.22. The fourth-order valence-corrected chi connectivity index (χ4v) is 4.26. The second-order valence-corrected chi connectivity index (χ2v) is 8.28. The van der Waals surface area contributed by atoms with E-state index in [0.717, 1.165) is 0 Å². The lowest BCUT2D eigenvalue weighted by atomic mass is 10.3. The first-order valence-electron chi connectivity index (χ1n) is 8.82. The molecule has 0 spiro atoms. The van der Waals surface area contributed by atoms with Crippen LogP contribution < -0.4 is 9.46 Å². The minimum atomic E-state index is -3.81. The van der Waals surface area contributed by atoms with Gasteiger partial charge in [-0.25, -0.2) is 18.1 Å². The van der Waals surface area contributed by atoms with E-state index in [2.05, 4.69) is 19.8 Å². The summed E-state index contributed by atoms with van der Waals surface area (Å²) in [5.41, 5.74) is 0.373. The third-order valence-electron chi connectivity index (χ3n) is 4.00. The summed E-state index contributed by atoms with van der Waals surface area (Å²) in [6, 6.07) is 16.1. The Hall–Kier alpha value is -3.43. The molecule has 30 heavy (non-hydrogen) atoms. The molecule has 4 rings (SSSR count). The van der Waals surface area contributed by atoms with Gasteiger partial charge < -0.3 is 4.74 Å². The number of aromatic nitrogens is 4. The lowest BCUT2D eigenvalue weighted by molar-refractivity contribution is 0.459. The molecule has 2 heterocycles. The van der Waals surface area contributed by atoms with Crippen molar-refractivity contribution in [1.82, 2.24) is 19.7 Å². The summed E-state index contributed by atoms with van der Waals surface area (Å²) < 4.78 is 35.0. The van der Waals surface area contributed by atoms with Crippen LogP contribution in [0.25, 0.3) is 5.82 Å². The normalized spacial score (nSPS) is 11.3. The quantitative estimate of drug-likeness (QED) is 0.481. The molecular formula is C20H16ClN5O3S. The summed E-state index contributed by atoms with van der Waals surface area (Å²) >= 11 is 6.00. The molecule has 1 N–H and O–H groups in total. The Morgan fingerprint density at radius 2 is 1.80 bits per heavy atom. The second kappa shape index (κ2) is 8.13. The number of benzene rings is 2. The molecule has 8 nitrogen and oxygen atoms in total. The first-order valence-corrected chi connectivity index (χ1v) is 10.7. The summed E-state index contributed by atoms with van der Waals surface area (Å²) in [4.78, 5) is 8.61. The lowest BCUT2D eigenvalue weighted by Gasteiger charge is -2.11. The molecule has 0 atom stereocenters. The van der Waals surface area contributed by atoms with Crippen molar-refractivity contribution in [3.63, 3.8) is 0 Å². The first kappa shape index (κ1) is 19.9. The van der Waals surface area contributed by atoms with Crippen LogP contribution in [0.15, 0.2) is 78.0 Å².